The molecule has 2 rings (SSSR count). The molecule has 1 atom stereocenters. The summed E-state index contributed by atoms with van der Waals surface area (Å²) in [5.41, 5.74) is 1.66. The molecule has 16 heavy (non-hydrogen) atoms. The van der Waals surface area contributed by atoms with Gasteiger partial charge in [-0.1, -0.05) is 6.07 Å². The van der Waals surface area contributed by atoms with Crippen LogP contribution in [0.5, 0.6) is 5.75 Å². The summed E-state index contributed by atoms with van der Waals surface area (Å²) in [5, 5.41) is 0. The molecule has 0 saturated carbocycles. The SMILES string of the molecule is Cc1ccc2c(c1)N(S(C)(=O)=O)C[C@@H](C)O2. The van der Waals surface area contributed by atoms with Crippen molar-refractivity contribution in [1.29, 1.82) is 0 Å². The van der Waals surface area contributed by atoms with Crippen molar-refractivity contribution in [1.82, 2.24) is 0 Å². The first kappa shape index (κ1) is 11.3. The highest BCUT2D eigenvalue weighted by Crippen LogP contribution is 2.35. The number of ether oxygens (including phenoxy) is 1. The number of hydrogen-bond donors (Lipinski definition) is 0. The average Bonchev–Trinajstić information content (AvgIpc) is 2.16. The van der Waals surface area contributed by atoms with Gasteiger partial charge in [-0.25, -0.2) is 8.42 Å². The van der Waals surface area contributed by atoms with Crippen molar-refractivity contribution in [3.8, 4) is 5.75 Å². The van der Waals surface area contributed by atoms with Crippen LogP contribution in [0, 0.1) is 6.92 Å². The van der Waals surface area contributed by atoms with Gasteiger partial charge in [-0.3, -0.25) is 4.31 Å². The molecule has 0 unspecified atom stereocenters. The summed E-state index contributed by atoms with van der Waals surface area (Å²) in [5.74, 6) is 0.634. The van der Waals surface area contributed by atoms with Gasteiger partial charge in [0.1, 0.15) is 11.9 Å². The van der Waals surface area contributed by atoms with Gasteiger partial charge in [-0.2, -0.15) is 0 Å². The van der Waals surface area contributed by atoms with Crippen LogP contribution in [0.3, 0.4) is 0 Å². The second-order valence-electron chi connectivity index (χ2n) is 4.19. The van der Waals surface area contributed by atoms with E-state index in [2.05, 4.69) is 0 Å². The normalized spacial score (nSPS) is 20.2. The van der Waals surface area contributed by atoms with Crippen LogP contribution in [0.15, 0.2) is 18.2 Å². The lowest BCUT2D eigenvalue weighted by Gasteiger charge is -2.33. The summed E-state index contributed by atoms with van der Waals surface area (Å²) >= 11 is 0. The van der Waals surface area contributed by atoms with E-state index in [1.165, 1.54) is 10.6 Å². The van der Waals surface area contributed by atoms with Gasteiger partial charge in [0.05, 0.1) is 18.5 Å². The van der Waals surface area contributed by atoms with Crippen molar-refractivity contribution in [3.63, 3.8) is 0 Å². The van der Waals surface area contributed by atoms with Crippen LogP contribution in [0.25, 0.3) is 0 Å². The van der Waals surface area contributed by atoms with E-state index in [1.807, 2.05) is 32.0 Å². The number of nitrogens with zero attached hydrogens (tertiary/aromatic N) is 1. The van der Waals surface area contributed by atoms with Crippen LogP contribution in [0.4, 0.5) is 5.69 Å². The van der Waals surface area contributed by atoms with E-state index < -0.39 is 10.0 Å². The molecule has 1 aliphatic heterocycles. The van der Waals surface area contributed by atoms with E-state index in [4.69, 9.17) is 4.74 Å². The Balaban J connectivity index is 2.56. The minimum absolute atomic E-state index is 0.120. The van der Waals surface area contributed by atoms with Crippen LogP contribution < -0.4 is 9.04 Å². The number of fused-ring (bicyclic) bond motifs is 1. The van der Waals surface area contributed by atoms with E-state index >= 15 is 0 Å². The third-order valence-electron chi connectivity index (χ3n) is 2.53. The summed E-state index contributed by atoms with van der Waals surface area (Å²) in [6.45, 7) is 4.16. The molecule has 0 aliphatic carbocycles. The molecule has 1 aliphatic rings. The lowest BCUT2D eigenvalue weighted by molar-refractivity contribution is 0.219. The zero-order valence-electron chi connectivity index (χ0n) is 9.60. The average molecular weight is 241 g/mol. The molecule has 0 N–H and O–H groups in total. The second-order valence-corrected chi connectivity index (χ2v) is 6.10. The Bertz CT molecular complexity index is 510. The van der Waals surface area contributed by atoms with Gasteiger partial charge in [-0.15, -0.1) is 0 Å². The monoisotopic (exact) mass is 241 g/mol. The molecule has 0 amide bonds. The Morgan fingerprint density at radius 3 is 2.75 bits per heavy atom. The van der Waals surface area contributed by atoms with Crippen LogP contribution in [-0.2, 0) is 10.0 Å². The Kier molecular flexibility index (Phi) is 2.58. The maximum atomic E-state index is 11.7. The predicted octanol–water partition coefficient (Wildman–Crippen LogP) is 1.54. The predicted molar refractivity (Wildman–Crippen MR) is 63.5 cm³/mol. The van der Waals surface area contributed by atoms with Gasteiger partial charge in [-0.05, 0) is 31.5 Å². The Hall–Kier alpha value is -1.23. The fourth-order valence-electron chi connectivity index (χ4n) is 1.82. The molecule has 0 bridgehead atoms. The molecule has 4 nitrogen and oxygen atoms in total. The van der Waals surface area contributed by atoms with Crippen LogP contribution in [-0.4, -0.2) is 27.3 Å². The summed E-state index contributed by atoms with van der Waals surface area (Å²) in [7, 11) is -3.24. The minimum atomic E-state index is -3.24. The van der Waals surface area contributed by atoms with Crippen LogP contribution in [0.1, 0.15) is 12.5 Å². The van der Waals surface area contributed by atoms with Crippen molar-refractivity contribution in [2.24, 2.45) is 0 Å². The summed E-state index contributed by atoms with van der Waals surface area (Å²) in [6.07, 6.45) is 1.10. The summed E-state index contributed by atoms with van der Waals surface area (Å²) in [6, 6.07) is 5.57. The third-order valence-corrected chi connectivity index (χ3v) is 3.68. The zero-order chi connectivity index (χ0) is 11.9. The van der Waals surface area contributed by atoms with Gasteiger partial charge >= 0.3 is 0 Å². The highest BCUT2D eigenvalue weighted by molar-refractivity contribution is 7.92. The fourth-order valence-corrected chi connectivity index (χ4v) is 2.80. The first-order valence-corrected chi connectivity index (χ1v) is 6.98. The van der Waals surface area contributed by atoms with Gasteiger partial charge < -0.3 is 4.74 Å². The number of sulfonamides is 1. The topological polar surface area (TPSA) is 46.6 Å². The zero-order valence-corrected chi connectivity index (χ0v) is 10.4. The molecule has 88 valence electrons. The molecule has 0 spiro atoms. The maximum Gasteiger partial charge on any atom is 0.232 e. The molecule has 0 aromatic heterocycles. The molecule has 5 heteroatoms. The van der Waals surface area contributed by atoms with E-state index in [0.29, 0.717) is 18.0 Å². The molecule has 1 heterocycles. The molecule has 0 radical (unpaired) electrons. The highest BCUT2D eigenvalue weighted by Gasteiger charge is 2.28. The molecule has 1 aromatic rings. The van der Waals surface area contributed by atoms with E-state index in [1.54, 1.807) is 0 Å². The van der Waals surface area contributed by atoms with E-state index in [0.717, 1.165) is 5.56 Å². The quantitative estimate of drug-likeness (QED) is 0.749. The van der Waals surface area contributed by atoms with Gasteiger partial charge in [0.15, 0.2) is 0 Å². The lowest BCUT2D eigenvalue weighted by Crippen LogP contribution is -2.41. The molecular formula is C11H15NO3S. The molecule has 0 fully saturated rings. The van der Waals surface area contributed by atoms with Crippen molar-refractivity contribution in [3.05, 3.63) is 23.8 Å². The number of anilines is 1. The smallest absolute Gasteiger partial charge is 0.232 e. The van der Waals surface area contributed by atoms with Crippen LogP contribution in [0.2, 0.25) is 0 Å². The van der Waals surface area contributed by atoms with Gasteiger partial charge in [0.25, 0.3) is 0 Å². The number of hydrogen-bond acceptors (Lipinski definition) is 3. The van der Waals surface area contributed by atoms with Gasteiger partial charge in [0, 0.05) is 0 Å². The Morgan fingerprint density at radius 2 is 2.12 bits per heavy atom. The molecule has 1 aromatic carbocycles. The minimum Gasteiger partial charge on any atom is -0.487 e. The van der Waals surface area contributed by atoms with Crippen molar-refractivity contribution >= 4 is 15.7 Å². The maximum absolute atomic E-state index is 11.7. The first-order chi connectivity index (χ1) is 7.38. The molecule has 0 saturated heterocycles. The number of benzene rings is 1. The van der Waals surface area contributed by atoms with Crippen molar-refractivity contribution in [2.75, 3.05) is 17.1 Å². The van der Waals surface area contributed by atoms with Crippen molar-refractivity contribution < 1.29 is 13.2 Å². The number of rotatable bonds is 1. The largest absolute Gasteiger partial charge is 0.487 e. The van der Waals surface area contributed by atoms with Gasteiger partial charge in [0.2, 0.25) is 10.0 Å². The third kappa shape index (κ3) is 2.00. The molecular weight excluding hydrogens is 226 g/mol. The van der Waals surface area contributed by atoms with Crippen LogP contribution >= 0.6 is 0 Å². The fraction of sp³-hybridized carbons (Fsp3) is 0.455. The number of aryl methyl sites for hydroxylation is 1. The second kappa shape index (κ2) is 3.66. The first-order valence-electron chi connectivity index (χ1n) is 5.13. The standard InChI is InChI=1S/C11H15NO3S/c1-8-4-5-11-10(6-8)12(16(3,13)14)7-9(2)15-11/h4-6,9H,7H2,1-3H3/t9-/m1/s1. The Labute approximate surface area is 95.9 Å². The van der Waals surface area contributed by atoms with E-state index in [-0.39, 0.29) is 6.10 Å². The van der Waals surface area contributed by atoms with Crippen molar-refractivity contribution in [2.45, 2.75) is 20.0 Å². The summed E-state index contributed by atoms with van der Waals surface area (Å²) in [4.78, 5) is 0. The lowest BCUT2D eigenvalue weighted by atomic mass is 10.2. The Morgan fingerprint density at radius 1 is 1.44 bits per heavy atom. The highest BCUT2D eigenvalue weighted by atomic mass is 32.2. The summed E-state index contributed by atoms with van der Waals surface area (Å²) < 4.78 is 30.4. The van der Waals surface area contributed by atoms with E-state index in [9.17, 15) is 8.42 Å².